The molecule has 0 aromatic heterocycles. The number of hydrogen-bond donors (Lipinski definition) is 2. The lowest BCUT2D eigenvalue weighted by Gasteiger charge is -2.46. The topological polar surface area (TPSA) is 102 Å². The predicted molar refractivity (Wildman–Crippen MR) is 85.5 cm³/mol. The van der Waals surface area contributed by atoms with Gasteiger partial charge in [-0.05, 0) is 44.5 Å². The normalized spacial score (nSPS) is 24.1. The molecular weight excluding hydrogens is 304 g/mol. The quantitative estimate of drug-likeness (QED) is 0.861. The lowest BCUT2D eigenvalue weighted by atomic mass is 9.67. The van der Waals surface area contributed by atoms with Gasteiger partial charge in [-0.25, -0.2) is 4.99 Å². The highest BCUT2D eigenvalue weighted by molar-refractivity contribution is 6.31. The van der Waals surface area contributed by atoms with Crippen LogP contribution in [0.15, 0.2) is 23.2 Å². The minimum atomic E-state index is -1.01. The van der Waals surface area contributed by atoms with Crippen LogP contribution < -0.4 is 11.5 Å². The molecule has 6 nitrogen and oxygen atoms in total. The summed E-state index contributed by atoms with van der Waals surface area (Å²) in [6.45, 7) is 5.32. The van der Waals surface area contributed by atoms with Gasteiger partial charge in [-0.3, -0.25) is 14.5 Å². The van der Waals surface area contributed by atoms with E-state index in [0.29, 0.717) is 16.1 Å². The average molecular weight is 323 g/mol. The van der Waals surface area contributed by atoms with Crippen molar-refractivity contribution in [1.29, 1.82) is 0 Å². The van der Waals surface area contributed by atoms with Crippen LogP contribution in [0.1, 0.15) is 36.7 Å². The molecule has 0 fully saturated rings. The third-order valence-electron chi connectivity index (χ3n) is 4.51. The molecule has 1 heterocycles. The van der Waals surface area contributed by atoms with Crippen LogP contribution in [0.5, 0.6) is 0 Å². The van der Waals surface area contributed by atoms with Crippen molar-refractivity contribution in [3.05, 3.63) is 34.3 Å². The molecule has 0 aliphatic carbocycles. The SMILES string of the molecule is CN1C(=O)C(C)(C)[C@](C)(c2cc(C(N)=O)ccc2Cl)N=C1N. The van der Waals surface area contributed by atoms with E-state index in [1.54, 1.807) is 40.0 Å². The van der Waals surface area contributed by atoms with Crippen molar-refractivity contribution < 1.29 is 9.59 Å². The number of carbonyl (C=O) groups is 2. The van der Waals surface area contributed by atoms with E-state index in [4.69, 9.17) is 23.1 Å². The maximum atomic E-state index is 12.6. The number of nitrogens with two attached hydrogens (primary N) is 2. The summed E-state index contributed by atoms with van der Waals surface area (Å²) in [5.74, 6) is -0.647. The molecule has 1 atom stereocenters. The standard InChI is InChI=1S/C15H19ClN4O2/c1-14(2)12(22)20(4)13(18)19-15(14,3)9-7-8(11(17)21)5-6-10(9)16/h5-7H,1-4H3,(H2,17,21)(H2,18,19)/t15-/m0/s1. The minimum absolute atomic E-state index is 0.104. The summed E-state index contributed by atoms with van der Waals surface area (Å²) < 4.78 is 0. The number of aliphatic imine (C=N–C) groups is 1. The maximum Gasteiger partial charge on any atom is 0.248 e. The highest BCUT2D eigenvalue weighted by Crippen LogP contribution is 2.48. The van der Waals surface area contributed by atoms with E-state index in [-0.39, 0.29) is 11.9 Å². The number of nitrogens with zero attached hydrogens (tertiary/aromatic N) is 2. The Balaban J connectivity index is 2.76. The van der Waals surface area contributed by atoms with Gasteiger partial charge in [0.25, 0.3) is 0 Å². The van der Waals surface area contributed by atoms with Gasteiger partial charge < -0.3 is 11.5 Å². The van der Waals surface area contributed by atoms with Crippen molar-refractivity contribution in [3.8, 4) is 0 Å². The van der Waals surface area contributed by atoms with Crippen molar-refractivity contribution in [2.45, 2.75) is 26.3 Å². The predicted octanol–water partition coefficient (Wildman–Crippen LogP) is 1.47. The van der Waals surface area contributed by atoms with Gasteiger partial charge in [-0.2, -0.15) is 0 Å². The molecule has 118 valence electrons. The van der Waals surface area contributed by atoms with Crippen LogP contribution in [0.4, 0.5) is 0 Å². The third kappa shape index (κ3) is 2.14. The smallest absolute Gasteiger partial charge is 0.248 e. The van der Waals surface area contributed by atoms with E-state index in [9.17, 15) is 9.59 Å². The number of guanidine groups is 1. The Morgan fingerprint density at radius 3 is 2.45 bits per heavy atom. The number of amides is 2. The Labute approximate surface area is 134 Å². The van der Waals surface area contributed by atoms with Crippen LogP contribution in [0.25, 0.3) is 0 Å². The highest BCUT2D eigenvalue weighted by atomic mass is 35.5. The van der Waals surface area contributed by atoms with E-state index < -0.39 is 16.9 Å². The largest absolute Gasteiger partial charge is 0.369 e. The second-order valence-electron chi connectivity index (χ2n) is 6.09. The van der Waals surface area contributed by atoms with E-state index in [0.717, 1.165) is 0 Å². The molecule has 0 saturated carbocycles. The minimum Gasteiger partial charge on any atom is -0.369 e. The summed E-state index contributed by atoms with van der Waals surface area (Å²) in [6.07, 6.45) is 0. The lowest BCUT2D eigenvalue weighted by molar-refractivity contribution is -0.140. The van der Waals surface area contributed by atoms with E-state index in [2.05, 4.69) is 4.99 Å². The molecule has 7 heteroatoms. The zero-order valence-electron chi connectivity index (χ0n) is 13.0. The summed E-state index contributed by atoms with van der Waals surface area (Å²) >= 11 is 6.30. The summed E-state index contributed by atoms with van der Waals surface area (Å²) in [4.78, 5) is 29.8. The van der Waals surface area contributed by atoms with E-state index >= 15 is 0 Å². The van der Waals surface area contributed by atoms with Crippen LogP contribution >= 0.6 is 11.6 Å². The van der Waals surface area contributed by atoms with Gasteiger partial charge in [0.1, 0.15) is 5.54 Å². The van der Waals surface area contributed by atoms with E-state index in [1.165, 1.54) is 11.0 Å². The van der Waals surface area contributed by atoms with Gasteiger partial charge in [-0.1, -0.05) is 11.6 Å². The lowest BCUT2D eigenvalue weighted by Crippen LogP contribution is -2.58. The average Bonchev–Trinajstić information content (AvgIpc) is 2.43. The van der Waals surface area contributed by atoms with Crippen molar-refractivity contribution in [3.63, 3.8) is 0 Å². The van der Waals surface area contributed by atoms with Crippen LogP contribution in [-0.4, -0.2) is 29.7 Å². The molecule has 1 aliphatic heterocycles. The fraction of sp³-hybridized carbons (Fsp3) is 0.400. The van der Waals surface area contributed by atoms with Gasteiger partial charge in [0, 0.05) is 17.6 Å². The Hall–Kier alpha value is -2.08. The summed E-state index contributed by atoms with van der Waals surface area (Å²) in [7, 11) is 1.57. The molecule has 0 bridgehead atoms. The Morgan fingerprint density at radius 2 is 1.91 bits per heavy atom. The number of benzene rings is 1. The number of primary amides is 1. The van der Waals surface area contributed by atoms with Crippen LogP contribution in [0.3, 0.4) is 0 Å². The Kier molecular flexibility index (Phi) is 3.69. The molecule has 1 aromatic rings. The van der Waals surface area contributed by atoms with Crippen molar-refractivity contribution >= 4 is 29.4 Å². The number of hydrogen-bond acceptors (Lipinski definition) is 4. The van der Waals surface area contributed by atoms with Gasteiger partial charge in [0.15, 0.2) is 5.96 Å². The second kappa shape index (κ2) is 4.98. The zero-order chi connectivity index (χ0) is 16.9. The molecule has 0 spiro atoms. The first kappa shape index (κ1) is 16.3. The Bertz CT molecular complexity index is 699. The van der Waals surface area contributed by atoms with Crippen LogP contribution in [-0.2, 0) is 10.3 Å². The molecule has 0 saturated heterocycles. The monoisotopic (exact) mass is 322 g/mol. The van der Waals surface area contributed by atoms with Crippen LogP contribution in [0.2, 0.25) is 5.02 Å². The molecular formula is C15H19ClN4O2. The van der Waals surface area contributed by atoms with Crippen LogP contribution in [0, 0.1) is 5.41 Å². The number of halogens is 1. The van der Waals surface area contributed by atoms with Crippen molar-refractivity contribution in [1.82, 2.24) is 4.90 Å². The van der Waals surface area contributed by atoms with E-state index in [1.807, 2.05) is 0 Å². The molecule has 1 aromatic carbocycles. The summed E-state index contributed by atoms with van der Waals surface area (Å²) in [5, 5.41) is 0.398. The van der Waals surface area contributed by atoms with Gasteiger partial charge in [0.2, 0.25) is 11.8 Å². The van der Waals surface area contributed by atoms with Gasteiger partial charge >= 0.3 is 0 Å². The fourth-order valence-corrected chi connectivity index (χ4v) is 2.93. The first-order valence-corrected chi connectivity index (χ1v) is 7.13. The molecule has 22 heavy (non-hydrogen) atoms. The van der Waals surface area contributed by atoms with Gasteiger partial charge in [-0.15, -0.1) is 0 Å². The molecule has 0 radical (unpaired) electrons. The number of rotatable bonds is 2. The second-order valence-corrected chi connectivity index (χ2v) is 6.50. The van der Waals surface area contributed by atoms with Gasteiger partial charge in [0.05, 0.1) is 5.41 Å². The molecule has 0 unspecified atom stereocenters. The first-order valence-electron chi connectivity index (χ1n) is 6.75. The maximum absolute atomic E-state index is 12.6. The molecule has 4 N–H and O–H groups in total. The molecule has 1 aliphatic rings. The number of carbonyl (C=O) groups excluding carboxylic acids is 2. The third-order valence-corrected chi connectivity index (χ3v) is 4.84. The fourth-order valence-electron chi connectivity index (χ4n) is 2.62. The van der Waals surface area contributed by atoms with Crippen molar-refractivity contribution in [2.24, 2.45) is 21.9 Å². The Morgan fingerprint density at radius 1 is 1.32 bits per heavy atom. The highest BCUT2D eigenvalue weighted by Gasteiger charge is 2.53. The summed E-state index contributed by atoms with van der Waals surface area (Å²) in [5.41, 5.74) is 10.1. The first-order chi connectivity index (χ1) is 10.0. The summed E-state index contributed by atoms with van der Waals surface area (Å²) in [6, 6.07) is 4.68. The molecule has 2 amide bonds. The van der Waals surface area contributed by atoms with Crippen molar-refractivity contribution in [2.75, 3.05) is 7.05 Å². The molecule has 2 rings (SSSR count). The zero-order valence-corrected chi connectivity index (χ0v) is 13.7.